The molecule has 2 aliphatic rings. The number of carbonyl (C=O) groups excluding carboxylic acids is 1. The predicted octanol–water partition coefficient (Wildman–Crippen LogP) is 4.54. The number of ether oxygens (including phenoxy) is 1. The molecule has 36 heavy (non-hydrogen) atoms. The molecule has 0 unspecified atom stereocenters. The number of nitrogens with zero attached hydrogens (tertiary/aromatic N) is 3. The first kappa shape index (κ1) is 26.2. The van der Waals surface area contributed by atoms with Gasteiger partial charge in [0.15, 0.2) is 0 Å². The number of amides is 1. The zero-order chi connectivity index (χ0) is 25.8. The van der Waals surface area contributed by atoms with Crippen molar-refractivity contribution in [3.8, 4) is 5.75 Å². The molecule has 196 valence electrons. The average molecular weight is 527 g/mol. The van der Waals surface area contributed by atoms with E-state index in [0.717, 1.165) is 12.8 Å². The molecular weight excluding hydrogens is 497 g/mol. The summed E-state index contributed by atoms with van der Waals surface area (Å²) in [7, 11) is -3.82. The highest BCUT2D eigenvalue weighted by atomic mass is 32.2. The maximum Gasteiger partial charge on any atom is 0.573 e. The Balaban J connectivity index is 1.45. The topological polar surface area (TPSA) is 91.8 Å². The maximum absolute atomic E-state index is 13.5. The van der Waals surface area contributed by atoms with Gasteiger partial charge in [0.05, 0.1) is 0 Å². The Labute approximate surface area is 208 Å². The molecule has 1 saturated heterocycles. The van der Waals surface area contributed by atoms with Crippen molar-refractivity contribution in [2.45, 2.75) is 62.2 Å². The standard InChI is InChI=1S/C24H29F3N4O4S/c25-24(26,27)35-20-12-10-19(11-13-20)31-17-3-1-2-15-30(16-5-7-22(31)32)36(33,34)21-6-4-14-28-23(21)29-18-8-9-18/h4,6,10-14,18H,1-3,5,7-9,15-17H2,(H,28,29). The van der Waals surface area contributed by atoms with Crippen LogP contribution in [0.4, 0.5) is 24.7 Å². The van der Waals surface area contributed by atoms with E-state index in [0.29, 0.717) is 50.3 Å². The molecule has 1 aromatic heterocycles. The van der Waals surface area contributed by atoms with Gasteiger partial charge in [-0.2, -0.15) is 4.31 Å². The second-order valence-electron chi connectivity index (χ2n) is 8.92. The molecule has 4 rings (SSSR count). The van der Waals surface area contributed by atoms with E-state index in [1.807, 2.05) is 0 Å². The van der Waals surface area contributed by atoms with Crippen LogP contribution in [0.1, 0.15) is 44.9 Å². The Hall–Kier alpha value is -2.86. The first-order valence-electron chi connectivity index (χ1n) is 12.0. The van der Waals surface area contributed by atoms with Gasteiger partial charge in [-0.3, -0.25) is 4.79 Å². The van der Waals surface area contributed by atoms with E-state index >= 15 is 0 Å². The Morgan fingerprint density at radius 3 is 2.36 bits per heavy atom. The van der Waals surface area contributed by atoms with Crippen LogP contribution in [0.2, 0.25) is 0 Å². The first-order chi connectivity index (χ1) is 17.1. The summed E-state index contributed by atoms with van der Waals surface area (Å²) in [6.07, 6.45) is 1.09. The van der Waals surface area contributed by atoms with Gasteiger partial charge in [0.2, 0.25) is 15.9 Å². The Kier molecular flexibility index (Phi) is 8.04. The third-order valence-corrected chi connectivity index (χ3v) is 8.01. The van der Waals surface area contributed by atoms with Gasteiger partial charge in [-0.15, -0.1) is 13.2 Å². The van der Waals surface area contributed by atoms with Gasteiger partial charge in [0, 0.05) is 44.0 Å². The number of alkyl halides is 3. The summed E-state index contributed by atoms with van der Waals surface area (Å²) in [4.78, 5) is 18.9. The van der Waals surface area contributed by atoms with Crippen molar-refractivity contribution in [2.75, 3.05) is 29.9 Å². The molecule has 1 amide bonds. The number of pyridine rings is 1. The van der Waals surface area contributed by atoms with Crippen molar-refractivity contribution in [1.29, 1.82) is 0 Å². The quantitative estimate of drug-likeness (QED) is 0.594. The van der Waals surface area contributed by atoms with E-state index in [-0.39, 0.29) is 35.6 Å². The summed E-state index contributed by atoms with van der Waals surface area (Å²) in [6, 6.07) is 8.60. The monoisotopic (exact) mass is 526 g/mol. The summed E-state index contributed by atoms with van der Waals surface area (Å²) in [5, 5.41) is 3.19. The summed E-state index contributed by atoms with van der Waals surface area (Å²) in [5.41, 5.74) is 0.476. The molecular formula is C24H29F3N4O4S. The number of anilines is 2. The molecule has 0 spiro atoms. The van der Waals surface area contributed by atoms with Crippen molar-refractivity contribution in [1.82, 2.24) is 9.29 Å². The number of rotatable bonds is 6. The zero-order valence-corrected chi connectivity index (χ0v) is 20.5. The van der Waals surface area contributed by atoms with E-state index in [9.17, 15) is 26.4 Å². The molecule has 8 nitrogen and oxygen atoms in total. The lowest BCUT2D eigenvalue weighted by atomic mass is 10.2. The van der Waals surface area contributed by atoms with Crippen molar-refractivity contribution < 1.29 is 31.1 Å². The number of nitrogens with one attached hydrogen (secondary N) is 1. The molecule has 2 aromatic rings. The highest BCUT2D eigenvalue weighted by Crippen LogP contribution is 2.30. The molecule has 1 aliphatic heterocycles. The molecule has 1 saturated carbocycles. The van der Waals surface area contributed by atoms with Gasteiger partial charge in [-0.25, -0.2) is 13.4 Å². The summed E-state index contributed by atoms with van der Waals surface area (Å²) in [6.45, 7) is 0.902. The van der Waals surface area contributed by atoms with Crippen LogP contribution in [0.3, 0.4) is 0 Å². The molecule has 1 aromatic carbocycles. The van der Waals surface area contributed by atoms with Crippen molar-refractivity contribution >= 4 is 27.4 Å². The van der Waals surface area contributed by atoms with Crippen molar-refractivity contribution in [3.63, 3.8) is 0 Å². The van der Waals surface area contributed by atoms with Crippen LogP contribution < -0.4 is 15.0 Å². The molecule has 2 heterocycles. The summed E-state index contributed by atoms with van der Waals surface area (Å²) >= 11 is 0. The van der Waals surface area contributed by atoms with Crippen LogP contribution in [0.5, 0.6) is 5.75 Å². The fourth-order valence-corrected chi connectivity index (χ4v) is 5.74. The number of sulfonamides is 1. The van der Waals surface area contributed by atoms with Gasteiger partial charge in [-0.05, 0) is 68.5 Å². The lowest BCUT2D eigenvalue weighted by molar-refractivity contribution is -0.274. The minimum atomic E-state index is -4.79. The maximum atomic E-state index is 13.5. The third kappa shape index (κ3) is 6.88. The number of carbonyl (C=O) groups is 1. The Morgan fingerprint density at radius 2 is 1.67 bits per heavy atom. The van der Waals surface area contributed by atoms with E-state index in [4.69, 9.17) is 0 Å². The fraction of sp³-hybridized carbons (Fsp3) is 0.500. The summed E-state index contributed by atoms with van der Waals surface area (Å²) in [5.74, 6) is -0.214. The second-order valence-corrected chi connectivity index (χ2v) is 10.8. The number of halogens is 3. The largest absolute Gasteiger partial charge is 0.573 e. The van der Waals surface area contributed by atoms with E-state index in [1.54, 1.807) is 23.2 Å². The normalized spacial score (nSPS) is 19.0. The molecule has 2 fully saturated rings. The highest BCUT2D eigenvalue weighted by Gasteiger charge is 2.32. The molecule has 1 aliphatic carbocycles. The Morgan fingerprint density at radius 1 is 0.972 bits per heavy atom. The first-order valence-corrected chi connectivity index (χ1v) is 13.5. The van der Waals surface area contributed by atoms with Crippen LogP contribution in [0, 0.1) is 0 Å². The highest BCUT2D eigenvalue weighted by molar-refractivity contribution is 7.89. The van der Waals surface area contributed by atoms with E-state index in [1.165, 1.54) is 28.6 Å². The lowest BCUT2D eigenvalue weighted by Gasteiger charge is -2.24. The van der Waals surface area contributed by atoms with Crippen LogP contribution in [-0.2, 0) is 14.8 Å². The molecule has 0 radical (unpaired) electrons. The number of aromatic nitrogens is 1. The predicted molar refractivity (Wildman–Crippen MR) is 128 cm³/mol. The van der Waals surface area contributed by atoms with Gasteiger partial charge >= 0.3 is 6.36 Å². The van der Waals surface area contributed by atoms with E-state index in [2.05, 4.69) is 15.0 Å². The van der Waals surface area contributed by atoms with Crippen molar-refractivity contribution in [2.24, 2.45) is 0 Å². The second kappa shape index (κ2) is 11.0. The van der Waals surface area contributed by atoms with Gasteiger partial charge in [0.1, 0.15) is 16.5 Å². The molecule has 0 atom stereocenters. The SMILES string of the molecule is O=C1CCCN(S(=O)(=O)c2cccnc2NC2CC2)CCCCCN1c1ccc(OC(F)(F)F)cc1. The van der Waals surface area contributed by atoms with Crippen LogP contribution >= 0.6 is 0 Å². The van der Waals surface area contributed by atoms with Crippen molar-refractivity contribution in [3.05, 3.63) is 42.6 Å². The van der Waals surface area contributed by atoms with Crippen LogP contribution in [0.15, 0.2) is 47.5 Å². The van der Waals surface area contributed by atoms with Gasteiger partial charge in [0.25, 0.3) is 0 Å². The number of benzene rings is 1. The van der Waals surface area contributed by atoms with Crippen LogP contribution in [-0.4, -0.2) is 55.7 Å². The smallest absolute Gasteiger partial charge is 0.406 e. The molecule has 0 bridgehead atoms. The lowest BCUT2D eigenvalue weighted by Crippen LogP contribution is -2.34. The number of hydrogen-bond acceptors (Lipinski definition) is 6. The minimum Gasteiger partial charge on any atom is -0.406 e. The van der Waals surface area contributed by atoms with Crippen LogP contribution in [0.25, 0.3) is 0 Å². The zero-order valence-electron chi connectivity index (χ0n) is 19.7. The molecule has 1 N–H and O–H groups in total. The number of hydrogen-bond donors (Lipinski definition) is 1. The summed E-state index contributed by atoms with van der Waals surface area (Å²) < 4.78 is 69.7. The minimum absolute atomic E-state index is 0.104. The third-order valence-electron chi connectivity index (χ3n) is 6.08. The molecule has 12 heteroatoms. The average Bonchev–Trinajstić information content (AvgIpc) is 3.64. The fourth-order valence-electron chi connectivity index (χ4n) is 4.12. The van der Waals surface area contributed by atoms with E-state index < -0.39 is 16.4 Å². The van der Waals surface area contributed by atoms with Gasteiger partial charge < -0.3 is 15.0 Å². The Bertz CT molecular complexity index is 1150. The van der Waals surface area contributed by atoms with Gasteiger partial charge in [-0.1, -0.05) is 6.42 Å².